The molecule has 1 saturated heterocycles. The number of hydrogen-bond donors (Lipinski definition) is 0. The van der Waals surface area contributed by atoms with Gasteiger partial charge < -0.3 is 9.32 Å². The third kappa shape index (κ3) is 3.78. The number of oxazole rings is 1. The molecule has 4 nitrogen and oxygen atoms in total. The first-order chi connectivity index (χ1) is 15.5. The summed E-state index contributed by atoms with van der Waals surface area (Å²) in [5.41, 5.74) is 4.60. The Kier molecular flexibility index (Phi) is 5.43. The Hall–Kier alpha value is -3.18. The first-order valence-corrected chi connectivity index (χ1v) is 11.1. The number of aromatic nitrogens is 1. The predicted octanol–water partition coefficient (Wildman–Crippen LogP) is 6.59. The van der Waals surface area contributed by atoms with Crippen LogP contribution in [-0.4, -0.2) is 22.3 Å². The second-order valence-corrected chi connectivity index (χ2v) is 8.60. The first kappa shape index (κ1) is 20.7. The Labute approximate surface area is 190 Å². The maximum absolute atomic E-state index is 13.6. The molecule has 5 rings (SSSR count). The zero-order chi connectivity index (χ0) is 22.2. The average Bonchev–Trinajstić information content (AvgIpc) is 3.47. The van der Waals surface area contributed by atoms with E-state index in [1.54, 1.807) is 17.9 Å². The highest BCUT2D eigenvalue weighted by molar-refractivity contribution is 6.30. The molecule has 0 aliphatic carbocycles. The van der Waals surface area contributed by atoms with Crippen LogP contribution < -0.4 is 0 Å². The van der Waals surface area contributed by atoms with E-state index in [0.717, 1.165) is 29.5 Å². The van der Waals surface area contributed by atoms with Gasteiger partial charge in [0.1, 0.15) is 22.8 Å². The highest BCUT2D eigenvalue weighted by Gasteiger charge is 2.36. The van der Waals surface area contributed by atoms with Gasteiger partial charge in [0.05, 0.1) is 0 Å². The Morgan fingerprint density at radius 2 is 1.88 bits per heavy atom. The van der Waals surface area contributed by atoms with E-state index in [1.165, 1.54) is 6.07 Å². The van der Waals surface area contributed by atoms with Crippen molar-refractivity contribution in [3.05, 3.63) is 89.6 Å². The number of fused-ring (bicyclic) bond motifs is 1. The zero-order valence-electron chi connectivity index (χ0n) is 17.6. The van der Waals surface area contributed by atoms with Gasteiger partial charge in [-0.3, -0.25) is 4.79 Å². The molecule has 1 aromatic heterocycles. The van der Waals surface area contributed by atoms with Crippen LogP contribution in [-0.2, 0) is 4.79 Å². The lowest BCUT2D eigenvalue weighted by molar-refractivity contribution is -0.132. The quantitative estimate of drug-likeness (QED) is 0.331. The van der Waals surface area contributed by atoms with Gasteiger partial charge in [-0.05, 0) is 66.3 Å². The molecule has 2 heterocycles. The van der Waals surface area contributed by atoms with E-state index in [2.05, 4.69) is 0 Å². The highest BCUT2D eigenvalue weighted by Crippen LogP contribution is 2.37. The Bertz CT molecular complexity index is 1290. The fraction of sp³-hybridized carbons (Fsp3) is 0.231. The normalized spacial score (nSPS) is 17.1. The molecular weight excluding hydrogens is 427 g/mol. The predicted molar refractivity (Wildman–Crippen MR) is 123 cm³/mol. The molecule has 3 aromatic carbocycles. The van der Waals surface area contributed by atoms with Crippen LogP contribution >= 0.6 is 11.6 Å². The van der Waals surface area contributed by atoms with Gasteiger partial charge in [-0.1, -0.05) is 42.5 Å². The summed E-state index contributed by atoms with van der Waals surface area (Å²) in [6.07, 6.45) is 1.65. The van der Waals surface area contributed by atoms with Crippen LogP contribution in [0.5, 0.6) is 0 Å². The number of carbonyl (C=O) groups excluding carboxylic acids is 1. The topological polar surface area (TPSA) is 46.3 Å². The SMILES string of the molecule is Cc1cc(-c2ccc3oc(C4CCCN4C(=O)C(Cl)c4ccccc4)nc3c2)ccc1F. The van der Waals surface area contributed by atoms with Crippen molar-refractivity contribution in [2.24, 2.45) is 0 Å². The molecular formula is C26H22ClFN2O2. The lowest BCUT2D eigenvalue weighted by atomic mass is 10.0. The van der Waals surface area contributed by atoms with Crippen molar-refractivity contribution in [1.82, 2.24) is 9.88 Å². The minimum absolute atomic E-state index is 0.134. The molecule has 6 heteroatoms. The highest BCUT2D eigenvalue weighted by atomic mass is 35.5. The Balaban J connectivity index is 1.43. The van der Waals surface area contributed by atoms with Crippen LogP contribution in [0.3, 0.4) is 0 Å². The van der Waals surface area contributed by atoms with Crippen LogP contribution in [0.25, 0.3) is 22.2 Å². The van der Waals surface area contributed by atoms with Gasteiger partial charge >= 0.3 is 0 Å². The van der Waals surface area contributed by atoms with Crippen molar-refractivity contribution < 1.29 is 13.6 Å². The number of carbonyl (C=O) groups is 1. The number of rotatable bonds is 4. The lowest BCUT2D eigenvalue weighted by Crippen LogP contribution is -2.33. The Morgan fingerprint density at radius 3 is 2.66 bits per heavy atom. The van der Waals surface area contributed by atoms with Crippen LogP contribution in [0, 0.1) is 12.7 Å². The molecule has 0 spiro atoms. The van der Waals surface area contributed by atoms with Crippen LogP contribution in [0.4, 0.5) is 4.39 Å². The number of hydrogen-bond acceptors (Lipinski definition) is 3. The second-order valence-electron chi connectivity index (χ2n) is 8.16. The molecule has 2 unspecified atom stereocenters. The van der Waals surface area contributed by atoms with E-state index in [9.17, 15) is 9.18 Å². The third-order valence-electron chi connectivity index (χ3n) is 6.03. The molecule has 0 radical (unpaired) electrons. The maximum atomic E-state index is 13.6. The van der Waals surface area contributed by atoms with Crippen LogP contribution in [0.15, 0.2) is 71.1 Å². The molecule has 2 atom stereocenters. The Morgan fingerprint density at radius 1 is 1.12 bits per heavy atom. The van der Waals surface area contributed by atoms with Crippen molar-refractivity contribution >= 4 is 28.6 Å². The van der Waals surface area contributed by atoms with Gasteiger partial charge in [0.2, 0.25) is 11.8 Å². The van der Waals surface area contributed by atoms with Crippen molar-refractivity contribution in [3.63, 3.8) is 0 Å². The standard InChI is InChI=1S/C26H22ClFN2O2/c1-16-14-18(9-11-20(16)28)19-10-12-23-21(15-19)29-25(32-23)22-8-5-13-30(22)26(31)24(27)17-6-3-2-4-7-17/h2-4,6-7,9-12,14-15,22,24H,5,8,13H2,1H3. The van der Waals surface area contributed by atoms with Gasteiger partial charge in [-0.15, -0.1) is 11.6 Å². The number of alkyl halides is 1. The van der Waals surface area contributed by atoms with Crippen molar-refractivity contribution in [1.29, 1.82) is 0 Å². The van der Waals surface area contributed by atoms with Gasteiger partial charge in [0.25, 0.3) is 0 Å². The smallest absolute Gasteiger partial charge is 0.245 e. The fourth-order valence-corrected chi connectivity index (χ4v) is 4.56. The van der Waals surface area contributed by atoms with Gasteiger partial charge in [-0.2, -0.15) is 0 Å². The average molecular weight is 449 g/mol. The molecule has 162 valence electrons. The summed E-state index contributed by atoms with van der Waals surface area (Å²) < 4.78 is 19.7. The molecule has 0 bridgehead atoms. The number of amides is 1. The summed E-state index contributed by atoms with van der Waals surface area (Å²) in [6.45, 7) is 2.37. The fourth-order valence-electron chi connectivity index (χ4n) is 4.29. The first-order valence-electron chi connectivity index (χ1n) is 10.7. The van der Waals surface area contributed by atoms with E-state index < -0.39 is 5.38 Å². The number of likely N-dealkylation sites (tertiary alicyclic amines) is 1. The van der Waals surface area contributed by atoms with Crippen LogP contribution in [0.1, 0.15) is 41.3 Å². The van der Waals surface area contributed by atoms with Crippen molar-refractivity contribution in [3.8, 4) is 11.1 Å². The monoisotopic (exact) mass is 448 g/mol. The second kappa shape index (κ2) is 8.40. The summed E-state index contributed by atoms with van der Waals surface area (Å²) in [4.78, 5) is 19.6. The van der Waals surface area contributed by atoms with E-state index in [0.29, 0.717) is 29.1 Å². The van der Waals surface area contributed by atoms with Gasteiger partial charge in [-0.25, -0.2) is 9.37 Å². The third-order valence-corrected chi connectivity index (χ3v) is 6.46. The summed E-state index contributed by atoms with van der Waals surface area (Å²) >= 11 is 6.51. The number of halogens is 2. The molecule has 0 N–H and O–H groups in total. The molecule has 4 aromatic rings. The maximum Gasteiger partial charge on any atom is 0.245 e. The van der Waals surface area contributed by atoms with Crippen LogP contribution in [0.2, 0.25) is 0 Å². The summed E-state index contributed by atoms with van der Waals surface area (Å²) in [6, 6.07) is 19.9. The number of nitrogens with zero attached hydrogens (tertiary/aromatic N) is 2. The summed E-state index contributed by atoms with van der Waals surface area (Å²) in [7, 11) is 0. The molecule has 1 fully saturated rings. The molecule has 1 aliphatic heterocycles. The van der Waals surface area contributed by atoms with Gasteiger partial charge in [0.15, 0.2) is 5.58 Å². The van der Waals surface area contributed by atoms with Crippen molar-refractivity contribution in [2.75, 3.05) is 6.54 Å². The molecule has 1 aliphatic rings. The minimum Gasteiger partial charge on any atom is -0.438 e. The van der Waals surface area contributed by atoms with E-state index in [1.807, 2.05) is 54.6 Å². The molecule has 32 heavy (non-hydrogen) atoms. The number of benzene rings is 3. The zero-order valence-corrected chi connectivity index (χ0v) is 18.3. The molecule has 0 saturated carbocycles. The number of aryl methyl sites for hydroxylation is 1. The van der Waals surface area contributed by atoms with E-state index in [-0.39, 0.29) is 17.8 Å². The van der Waals surface area contributed by atoms with E-state index in [4.69, 9.17) is 21.0 Å². The van der Waals surface area contributed by atoms with Crippen molar-refractivity contribution in [2.45, 2.75) is 31.2 Å². The summed E-state index contributed by atoms with van der Waals surface area (Å²) in [5.74, 6) is 0.165. The lowest BCUT2D eigenvalue weighted by Gasteiger charge is -2.24. The largest absolute Gasteiger partial charge is 0.438 e. The van der Waals surface area contributed by atoms with Gasteiger partial charge in [0, 0.05) is 6.54 Å². The molecule has 1 amide bonds. The minimum atomic E-state index is -0.741. The summed E-state index contributed by atoms with van der Waals surface area (Å²) in [5, 5.41) is -0.741. The van der Waals surface area contributed by atoms with E-state index >= 15 is 0 Å².